The lowest BCUT2D eigenvalue weighted by Gasteiger charge is -2.27. The lowest BCUT2D eigenvalue weighted by atomic mass is 9.84. The van der Waals surface area contributed by atoms with Gasteiger partial charge in [-0.2, -0.15) is 4.98 Å². The second kappa shape index (κ2) is 4.40. The van der Waals surface area contributed by atoms with Crippen molar-refractivity contribution in [1.82, 2.24) is 4.98 Å². The van der Waals surface area contributed by atoms with Crippen LogP contribution in [0.15, 0.2) is 22.6 Å². The second-order valence-corrected chi connectivity index (χ2v) is 6.52. The van der Waals surface area contributed by atoms with Crippen molar-refractivity contribution in [2.24, 2.45) is 17.8 Å². The first-order valence-corrected chi connectivity index (χ1v) is 7.61. The number of aromatic nitrogens is 1. The summed E-state index contributed by atoms with van der Waals surface area (Å²) in [6, 6.07) is 6.63. The third-order valence-corrected chi connectivity index (χ3v) is 5.20. The van der Waals surface area contributed by atoms with E-state index >= 15 is 0 Å². The summed E-state index contributed by atoms with van der Waals surface area (Å²) in [6.07, 6.45) is 5.65. The van der Waals surface area contributed by atoms with E-state index in [0.717, 1.165) is 34.5 Å². The van der Waals surface area contributed by atoms with Crippen LogP contribution in [-0.4, -0.2) is 11.0 Å². The fraction of sp³-hybridized carbons (Fsp3) is 0.562. The maximum absolute atomic E-state index is 5.77. The maximum Gasteiger partial charge on any atom is 0.295 e. The van der Waals surface area contributed by atoms with Crippen molar-refractivity contribution in [2.75, 3.05) is 11.1 Å². The Bertz CT molecular complexity index is 636. The van der Waals surface area contributed by atoms with Crippen LogP contribution in [-0.2, 0) is 0 Å². The van der Waals surface area contributed by atoms with Crippen LogP contribution in [0.1, 0.15) is 32.6 Å². The van der Waals surface area contributed by atoms with E-state index in [2.05, 4.69) is 17.2 Å². The van der Waals surface area contributed by atoms with Crippen LogP contribution in [0.3, 0.4) is 0 Å². The molecule has 2 saturated carbocycles. The zero-order valence-corrected chi connectivity index (χ0v) is 11.8. The van der Waals surface area contributed by atoms with Gasteiger partial charge < -0.3 is 15.5 Å². The van der Waals surface area contributed by atoms with Crippen molar-refractivity contribution in [3.63, 3.8) is 0 Å². The number of fused-ring (bicyclic) bond motifs is 3. The Morgan fingerprint density at radius 3 is 3.00 bits per heavy atom. The summed E-state index contributed by atoms with van der Waals surface area (Å²) in [5, 5.41) is 3.46. The molecule has 4 nitrogen and oxygen atoms in total. The van der Waals surface area contributed by atoms with Gasteiger partial charge in [0, 0.05) is 11.7 Å². The number of nitrogens with zero attached hydrogens (tertiary/aromatic N) is 1. The fourth-order valence-corrected chi connectivity index (χ4v) is 4.21. The highest BCUT2D eigenvalue weighted by Gasteiger charge is 2.42. The average molecular weight is 271 g/mol. The van der Waals surface area contributed by atoms with Crippen molar-refractivity contribution in [3.8, 4) is 0 Å². The monoisotopic (exact) mass is 271 g/mol. The predicted molar refractivity (Wildman–Crippen MR) is 80.4 cm³/mol. The van der Waals surface area contributed by atoms with Crippen LogP contribution in [0.4, 0.5) is 11.7 Å². The summed E-state index contributed by atoms with van der Waals surface area (Å²) in [7, 11) is 0. The number of hydrogen-bond acceptors (Lipinski definition) is 4. The molecule has 3 N–H and O–H groups in total. The molecule has 1 heterocycles. The predicted octanol–water partition coefficient (Wildman–Crippen LogP) is 3.65. The van der Waals surface area contributed by atoms with Gasteiger partial charge in [0.05, 0.1) is 0 Å². The molecule has 4 unspecified atom stereocenters. The standard InChI is InChI=1S/C16H21N3O/c1-9(13-7-10-2-3-11(13)6-10)18-16-19-14-8-12(17)4-5-15(14)20-16/h4-5,8-11,13H,2-3,6-7,17H2,1H3,(H,18,19). The van der Waals surface area contributed by atoms with E-state index in [1.165, 1.54) is 25.7 Å². The molecule has 1 aromatic carbocycles. The first kappa shape index (κ1) is 12.1. The molecule has 4 rings (SSSR count). The van der Waals surface area contributed by atoms with Crippen LogP contribution in [0.5, 0.6) is 0 Å². The van der Waals surface area contributed by atoms with E-state index in [1.54, 1.807) is 0 Å². The summed E-state index contributed by atoms with van der Waals surface area (Å²) in [4.78, 5) is 4.49. The molecule has 0 amide bonds. The second-order valence-electron chi connectivity index (χ2n) is 6.52. The third-order valence-electron chi connectivity index (χ3n) is 5.20. The minimum Gasteiger partial charge on any atom is -0.424 e. The van der Waals surface area contributed by atoms with E-state index < -0.39 is 0 Å². The molecule has 0 saturated heterocycles. The number of rotatable bonds is 3. The molecule has 0 aliphatic heterocycles. The molecular formula is C16H21N3O. The van der Waals surface area contributed by atoms with Crippen LogP contribution in [0.2, 0.25) is 0 Å². The fourth-order valence-electron chi connectivity index (χ4n) is 4.21. The van der Waals surface area contributed by atoms with Crippen molar-refractivity contribution < 1.29 is 4.42 Å². The Kier molecular flexibility index (Phi) is 2.65. The molecule has 20 heavy (non-hydrogen) atoms. The van der Waals surface area contributed by atoms with Gasteiger partial charge in [0.1, 0.15) is 5.52 Å². The molecule has 2 bridgehead atoms. The Morgan fingerprint density at radius 2 is 2.25 bits per heavy atom. The van der Waals surface area contributed by atoms with Crippen LogP contribution >= 0.6 is 0 Å². The highest BCUT2D eigenvalue weighted by atomic mass is 16.4. The highest BCUT2D eigenvalue weighted by Crippen LogP contribution is 2.49. The van der Waals surface area contributed by atoms with Gasteiger partial charge in [0.15, 0.2) is 5.58 Å². The Labute approximate surface area is 118 Å². The molecule has 0 radical (unpaired) electrons. The van der Waals surface area contributed by atoms with E-state index in [1.807, 2.05) is 18.2 Å². The molecule has 4 heteroatoms. The lowest BCUT2D eigenvalue weighted by molar-refractivity contribution is 0.301. The number of oxazole rings is 1. The zero-order valence-electron chi connectivity index (χ0n) is 11.8. The summed E-state index contributed by atoms with van der Waals surface area (Å²) < 4.78 is 5.76. The third kappa shape index (κ3) is 1.94. The van der Waals surface area contributed by atoms with Gasteiger partial charge in [-0.1, -0.05) is 6.42 Å². The topological polar surface area (TPSA) is 64.1 Å². The number of anilines is 2. The Morgan fingerprint density at radius 1 is 1.35 bits per heavy atom. The van der Waals surface area contributed by atoms with Gasteiger partial charge in [-0.25, -0.2) is 0 Å². The quantitative estimate of drug-likeness (QED) is 0.836. The highest BCUT2D eigenvalue weighted by molar-refractivity contribution is 5.78. The van der Waals surface area contributed by atoms with Gasteiger partial charge in [0.25, 0.3) is 6.01 Å². The molecule has 2 fully saturated rings. The average Bonchev–Trinajstić information content (AvgIpc) is 3.11. The number of benzene rings is 1. The minimum absolute atomic E-state index is 0.427. The van der Waals surface area contributed by atoms with Gasteiger partial charge in [0.2, 0.25) is 0 Å². The van der Waals surface area contributed by atoms with Gasteiger partial charge in [-0.15, -0.1) is 0 Å². The lowest BCUT2D eigenvalue weighted by Crippen LogP contribution is -2.30. The minimum atomic E-state index is 0.427. The van der Waals surface area contributed by atoms with Gasteiger partial charge >= 0.3 is 0 Å². The van der Waals surface area contributed by atoms with Gasteiger partial charge in [-0.05, 0) is 62.1 Å². The number of nitrogen functional groups attached to an aromatic ring is 1. The van der Waals surface area contributed by atoms with Crippen molar-refractivity contribution in [1.29, 1.82) is 0 Å². The molecule has 106 valence electrons. The largest absolute Gasteiger partial charge is 0.424 e. The molecular weight excluding hydrogens is 250 g/mol. The number of hydrogen-bond donors (Lipinski definition) is 2. The first-order valence-electron chi connectivity index (χ1n) is 7.61. The molecule has 2 aromatic rings. The summed E-state index contributed by atoms with van der Waals surface area (Å²) in [5.74, 6) is 2.65. The first-order chi connectivity index (χ1) is 9.69. The SMILES string of the molecule is CC(Nc1nc2cc(N)ccc2o1)C1CC2CCC1C2. The summed E-state index contributed by atoms with van der Waals surface area (Å²) in [6.45, 7) is 2.26. The van der Waals surface area contributed by atoms with E-state index in [0.29, 0.717) is 12.1 Å². The molecule has 2 aliphatic carbocycles. The van der Waals surface area contributed by atoms with Gasteiger partial charge in [-0.3, -0.25) is 0 Å². The smallest absolute Gasteiger partial charge is 0.295 e. The van der Waals surface area contributed by atoms with E-state index in [4.69, 9.17) is 10.2 Å². The van der Waals surface area contributed by atoms with Crippen LogP contribution in [0, 0.1) is 17.8 Å². The molecule has 0 spiro atoms. The normalized spacial score (nSPS) is 29.9. The van der Waals surface area contributed by atoms with E-state index in [-0.39, 0.29) is 0 Å². The molecule has 1 aromatic heterocycles. The van der Waals surface area contributed by atoms with E-state index in [9.17, 15) is 0 Å². The number of nitrogens with one attached hydrogen (secondary N) is 1. The summed E-state index contributed by atoms with van der Waals surface area (Å²) >= 11 is 0. The molecule has 2 aliphatic rings. The number of nitrogens with two attached hydrogens (primary N) is 1. The molecule has 4 atom stereocenters. The van der Waals surface area contributed by atoms with Crippen LogP contribution < -0.4 is 11.1 Å². The summed E-state index contributed by atoms with van der Waals surface area (Å²) in [5.41, 5.74) is 8.11. The van der Waals surface area contributed by atoms with Crippen LogP contribution in [0.25, 0.3) is 11.1 Å². The maximum atomic E-state index is 5.77. The Hall–Kier alpha value is -1.71. The van der Waals surface area contributed by atoms with Crippen molar-refractivity contribution >= 4 is 22.8 Å². The van der Waals surface area contributed by atoms with Crippen molar-refractivity contribution in [2.45, 2.75) is 38.6 Å². The van der Waals surface area contributed by atoms with Crippen molar-refractivity contribution in [3.05, 3.63) is 18.2 Å². The zero-order chi connectivity index (χ0) is 13.7. The Balaban J connectivity index is 1.52.